The van der Waals surface area contributed by atoms with Crippen molar-refractivity contribution in [2.24, 2.45) is 0 Å². The third kappa shape index (κ3) is 6.00. The highest BCUT2D eigenvalue weighted by Crippen LogP contribution is 2.36. The molecule has 0 amide bonds. The summed E-state index contributed by atoms with van der Waals surface area (Å²) in [5.41, 5.74) is 2.89. The van der Waals surface area contributed by atoms with E-state index in [9.17, 15) is 0 Å². The minimum Gasteiger partial charge on any atom is -0.0622 e. The van der Waals surface area contributed by atoms with Gasteiger partial charge in [-0.2, -0.15) is 0 Å². The minimum absolute atomic E-state index is 0.636. The van der Waals surface area contributed by atoms with Crippen LogP contribution in [0.15, 0.2) is 170 Å². The zero-order valence-electron chi connectivity index (χ0n) is 22.5. The molecule has 2 heteroatoms. The molecule has 6 rings (SSSR count). The molecule has 0 aromatic heterocycles. The molecule has 194 valence electrons. The topological polar surface area (TPSA) is 0 Å². The largest absolute Gasteiger partial charge is 0.0622 e. The van der Waals surface area contributed by atoms with Gasteiger partial charge in [0.15, 0.2) is 0 Å². The molecule has 40 heavy (non-hydrogen) atoms. The van der Waals surface area contributed by atoms with E-state index in [4.69, 9.17) is 0 Å². The molecule has 0 aliphatic rings. The number of benzene rings is 6. The maximum Gasteiger partial charge on any atom is -0.0119 e. The zero-order chi connectivity index (χ0) is 27.0. The Morgan fingerprint density at radius 3 is 0.825 bits per heavy atom. The van der Waals surface area contributed by atoms with Crippen LogP contribution in [0.25, 0.3) is 0 Å². The molecule has 0 N–H and O–H groups in total. The number of rotatable bonds is 9. The predicted octanol–water partition coefficient (Wildman–Crippen LogP) is 6.99. The van der Waals surface area contributed by atoms with Gasteiger partial charge < -0.3 is 0 Å². The highest BCUT2D eigenvalue weighted by atomic mass is 31.1. The van der Waals surface area contributed by atoms with Crippen molar-refractivity contribution >= 4 is 47.7 Å². The highest BCUT2D eigenvalue weighted by Gasteiger charge is 2.21. The first-order valence-electron chi connectivity index (χ1n) is 13.8. The van der Waals surface area contributed by atoms with Crippen molar-refractivity contribution in [1.82, 2.24) is 0 Å². The summed E-state index contributed by atoms with van der Waals surface area (Å²) in [6.07, 6.45) is 2.02. The zero-order valence-corrected chi connectivity index (χ0v) is 24.3. The Kier molecular flexibility index (Phi) is 8.60. The van der Waals surface area contributed by atoms with Crippen LogP contribution in [0.3, 0.4) is 0 Å². The SMILES string of the molecule is c1ccc(P(c2ccccc2)c2ccccc2CCc2ccccc2P(c2ccccc2)c2ccccc2)cc1. The summed E-state index contributed by atoms with van der Waals surface area (Å²) in [5.74, 6) is 0. The summed E-state index contributed by atoms with van der Waals surface area (Å²) < 4.78 is 0. The van der Waals surface area contributed by atoms with Crippen molar-refractivity contribution in [3.63, 3.8) is 0 Å². The summed E-state index contributed by atoms with van der Waals surface area (Å²) in [6.45, 7) is 0. The molecular formula is C38H32P2. The Labute approximate surface area is 240 Å². The fraction of sp³-hybridized carbons (Fsp3) is 0.0526. The summed E-state index contributed by atoms with van der Waals surface area (Å²) in [7, 11) is -1.27. The first-order chi connectivity index (χ1) is 19.9. The molecule has 0 spiro atoms. The van der Waals surface area contributed by atoms with Crippen LogP contribution >= 0.6 is 15.8 Å². The third-order valence-corrected chi connectivity index (χ3v) is 12.3. The third-order valence-electron chi connectivity index (χ3n) is 7.19. The van der Waals surface area contributed by atoms with Gasteiger partial charge in [0.25, 0.3) is 0 Å². The lowest BCUT2D eigenvalue weighted by molar-refractivity contribution is 0.973. The van der Waals surface area contributed by atoms with Crippen LogP contribution < -0.4 is 31.8 Å². The first-order valence-corrected chi connectivity index (χ1v) is 16.5. The van der Waals surface area contributed by atoms with Crippen LogP contribution in [0.1, 0.15) is 11.1 Å². The second-order valence-corrected chi connectivity index (χ2v) is 14.1. The summed E-state index contributed by atoms with van der Waals surface area (Å²) >= 11 is 0. The molecule has 0 bridgehead atoms. The minimum atomic E-state index is -0.636. The molecule has 0 aliphatic carbocycles. The lowest BCUT2D eigenvalue weighted by atomic mass is 10.0. The van der Waals surface area contributed by atoms with Crippen LogP contribution in [0.5, 0.6) is 0 Å². The fourth-order valence-electron chi connectivity index (χ4n) is 5.31. The number of hydrogen-bond donors (Lipinski definition) is 0. The van der Waals surface area contributed by atoms with E-state index in [1.165, 1.54) is 43.0 Å². The van der Waals surface area contributed by atoms with Gasteiger partial charge in [-0.15, -0.1) is 0 Å². The van der Waals surface area contributed by atoms with Gasteiger partial charge in [0, 0.05) is 0 Å². The average molecular weight is 551 g/mol. The molecule has 0 radical (unpaired) electrons. The standard InChI is InChI=1S/C38H32P2/c1-5-19-33(20-6-1)39(34-21-7-2-8-22-34)37-27-15-13-17-31(37)29-30-32-18-14-16-28-38(32)40(35-23-9-3-10-24-35)36-25-11-4-12-26-36/h1-28H,29-30H2. The van der Waals surface area contributed by atoms with Gasteiger partial charge in [-0.25, -0.2) is 0 Å². The molecule has 0 nitrogen and oxygen atoms in total. The molecule has 0 saturated carbocycles. The molecule has 0 atom stereocenters. The van der Waals surface area contributed by atoms with Crippen LogP contribution in [0.2, 0.25) is 0 Å². The molecule has 0 heterocycles. The Hall–Kier alpha value is -3.82. The Balaban J connectivity index is 1.37. The van der Waals surface area contributed by atoms with E-state index in [-0.39, 0.29) is 0 Å². The van der Waals surface area contributed by atoms with Crippen molar-refractivity contribution in [3.05, 3.63) is 181 Å². The van der Waals surface area contributed by atoms with E-state index in [0.717, 1.165) is 12.8 Å². The van der Waals surface area contributed by atoms with Gasteiger partial charge in [0.05, 0.1) is 0 Å². The van der Waals surface area contributed by atoms with Crippen molar-refractivity contribution in [1.29, 1.82) is 0 Å². The summed E-state index contributed by atoms with van der Waals surface area (Å²) in [5, 5.41) is 8.50. The monoisotopic (exact) mass is 550 g/mol. The van der Waals surface area contributed by atoms with Gasteiger partial charge in [0.1, 0.15) is 0 Å². The smallest absolute Gasteiger partial charge is 0.0119 e. The summed E-state index contributed by atoms with van der Waals surface area (Å²) in [6, 6.07) is 62.3. The Bertz CT molecular complexity index is 1430. The van der Waals surface area contributed by atoms with Gasteiger partial charge >= 0.3 is 0 Å². The van der Waals surface area contributed by atoms with E-state index in [0.29, 0.717) is 0 Å². The summed E-state index contributed by atoms with van der Waals surface area (Å²) in [4.78, 5) is 0. The van der Waals surface area contributed by atoms with E-state index >= 15 is 0 Å². The van der Waals surface area contributed by atoms with Crippen LogP contribution in [-0.4, -0.2) is 0 Å². The van der Waals surface area contributed by atoms with Gasteiger partial charge in [-0.05, 0) is 71.6 Å². The van der Waals surface area contributed by atoms with E-state index < -0.39 is 15.8 Å². The predicted molar refractivity (Wildman–Crippen MR) is 178 cm³/mol. The number of aryl methyl sites for hydroxylation is 2. The van der Waals surface area contributed by atoms with Crippen molar-refractivity contribution in [2.75, 3.05) is 0 Å². The molecule has 0 unspecified atom stereocenters. The van der Waals surface area contributed by atoms with Gasteiger partial charge in [-0.1, -0.05) is 170 Å². The molecule has 6 aromatic carbocycles. The van der Waals surface area contributed by atoms with Gasteiger partial charge in [0.2, 0.25) is 0 Å². The van der Waals surface area contributed by atoms with E-state index in [1.54, 1.807) is 0 Å². The second-order valence-electron chi connectivity index (χ2n) is 9.77. The van der Waals surface area contributed by atoms with E-state index in [1.807, 2.05) is 0 Å². The van der Waals surface area contributed by atoms with Crippen LogP contribution in [-0.2, 0) is 12.8 Å². The molecule has 0 saturated heterocycles. The lowest BCUT2D eigenvalue weighted by Crippen LogP contribution is -2.25. The Morgan fingerprint density at radius 2 is 0.525 bits per heavy atom. The van der Waals surface area contributed by atoms with Crippen LogP contribution in [0, 0.1) is 0 Å². The molecule has 0 aliphatic heterocycles. The molecule has 6 aromatic rings. The van der Waals surface area contributed by atoms with Gasteiger partial charge in [-0.3, -0.25) is 0 Å². The normalized spacial score (nSPS) is 11.2. The maximum absolute atomic E-state index is 2.35. The van der Waals surface area contributed by atoms with E-state index in [2.05, 4.69) is 170 Å². The first kappa shape index (κ1) is 26.4. The number of hydrogen-bond acceptors (Lipinski definition) is 0. The molecular weight excluding hydrogens is 518 g/mol. The second kappa shape index (κ2) is 13.0. The highest BCUT2D eigenvalue weighted by molar-refractivity contribution is 7.80. The van der Waals surface area contributed by atoms with Crippen molar-refractivity contribution in [3.8, 4) is 0 Å². The molecule has 0 fully saturated rings. The van der Waals surface area contributed by atoms with Crippen molar-refractivity contribution in [2.45, 2.75) is 12.8 Å². The average Bonchev–Trinajstić information content (AvgIpc) is 3.04. The van der Waals surface area contributed by atoms with Crippen LogP contribution in [0.4, 0.5) is 0 Å². The fourth-order valence-corrected chi connectivity index (χ4v) is 10.3. The van der Waals surface area contributed by atoms with Crippen molar-refractivity contribution < 1.29 is 0 Å². The quantitative estimate of drug-likeness (QED) is 0.170. The Morgan fingerprint density at radius 1 is 0.275 bits per heavy atom. The maximum atomic E-state index is 2.35. The lowest BCUT2D eigenvalue weighted by Gasteiger charge is -2.24.